The van der Waals surface area contributed by atoms with E-state index in [9.17, 15) is 71.9 Å². The molecular weight excluding hydrogens is 1670 g/mol. The number of hydrogen-bond donors (Lipinski definition) is 15. The van der Waals surface area contributed by atoms with Crippen molar-refractivity contribution in [2.75, 3.05) is 52.4 Å². The smallest absolute Gasteiger partial charge is 0.283 e. The number of rotatable bonds is 51. The van der Waals surface area contributed by atoms with Crippen LogP contribution in [0.4, 0.5) is 24.0 Å². The zero-order valence-corrected chi connectivity index (χ0v) is 76.4. The van der Waals surface area contributed by atoms with E-state index in [1.54, 1.807) is 121 Å². The highest BCUT2D eigenvalue weighted by atomic mass is 32.2. The van der Waals surface area contributed by atoms with Gasteiger partial charge in [-0.15, -0.1) is 0 Å². The van der Waals surface area contributed by atoms with Crippen molar-refractivity contribution >= 4 is 144 Å². The lowest BCUT2D eigenvalue weighted by Gasteiger charge is -2.12. The molecular formula is C88H131N15O15S5. The highest BCUT2D eigenvalue weighted by Crippen LogP contribution is 2.28. The molecule has 20 N–H and O–H groups in total. The van der Waals surface area contributed by atoms with Crippen LogP contribution in [0.1, 0.15) is 267 Å². The molecule has 5 aromatic rings. The van der Waals surface area contributed by atoms with Crippen molar-refractivity contribution in [1.29, 1.82) is 0 Å². The Morgan fingerprint density at radius 2 is 0.423 bits per heavy atom. The molecule has 123 heavy (non-hydrogen) atoms. The maximum atomic E-state index is 12.3. The second-order valence-electron chi connectivity index (χ2n) is 28.0. The molecule has 678 valence electrons. The van der Waals surface area contributed by atoms with Crippen molar-refractivity contribution in [3.63, 3.8) is 0 Å². The van der Waals surface area contributed by atoms with Crippen LogP contribution in [-0.4, -0.2) is 150 Å². The topological polar surface area (TPSA) is 506 Å². The largest absolute Gasteiger partial charge is 0.370 e. The van der Waals surface area contributed by atoms with Gasteiger partial charge >= 0.3 is 0 Å². The van der Waals surface area contributed by atoms with Crippen molar-refractivity contribution < 1.29 is 71.9 Å². The van der Waals surface area contributed by atoms with E-state index in [0.29, 0.717) is 85.0 Å². The maximum absolute atomic E-state index is 12.3. The van der Waals surface area contributed by atoms with Gasteiger partial charge in [0.25, 0.3) is 55.7 Å². The van der Waals surface area contributed by atoms with Gasteiger partial charge in [-0.1, -0.05) is 211 Å². The number of carbonyl (C=O) groups is 15. The monoisotopic (exact) mass is 1800 g/mol. The first kappa shape index (κ1) is 111. The van der Waals surface area contributed by atoms with Crippen LogP contribution in [0, 0.1) is 0 Å². The Hall–Kier alpha value is -10.1. The summed E-state index contributed by atoms with van der Waals surface area (Å²) in [5.41, 5.74) is 27.4. The Morgan fingerprint density at radius 1 is 0.244 bits per heavy atom. The molecule has 0 aliphatic rings. The molecule has 0 spiro atoms. The number of nitrogens with two attached hydrogens (primary N) is 5. The molecule has 5 aromatic carbocycles. The molecule has 0 fully saturated rings. The predicted octanol–water partition coefficient (Wildman–Crippen LogP) is 14.5. The molecule has 30 nitrogen and oxygen atoms in total. The summed E-state index contributed by atoms with van der Waals surface area (Å²) >= 11 is 4.95. The van der Waals surface area contributed by atoms with E-state index < -0.39 is 53.4 Å². The molecule has 0 aliphatic heterocycles. The van der Waals surface area contributed by atoms with Gasteiger partial charge in [-0.2, -0.15) is 0 Å². The van der Waals surface area contributed by atoms with Gasteiger partial charge in [-0.05, 0) is 165 Å². The second kappa shape index (κ2) is 70.3. The fourth-order valence-corrected chi connectivity index (χ4v) is 14.5. The van der Waals surface area contributed by atoms with Crippen LogP contribution < -0.4 is 81.8 Å². The number of carbonyl (C=O) groups excluding carboxylic acids is 15. The van der Waals surface area contributed by atoms with Crippen molar-refractivity contribution in [2.24, 2.45) is 28.7 Å². The van der Waals surface area contributed by atoms with Gasteiger partial charge in [-0.3, -0.25) is 71.9 Å². The Morgan fingerprint density at radius 3 is 0.634 bits per heavy atom. The minimum absolute atomic E-state index is 0.0823. The molecule has 0 aliphatic carbocycles. The minimum Gasteiger partial charge on any atom is -0.370 e. The summed E-state index contributed by atoms with van der Waals surface area (Å²) in [6, 6.07) is 32.7. The highest BCUT2D eigenvalue weighted by Gasteiger charge is 2.23. The first-order valence-electron chi connectivity index (χ1n) is 42.2. The lowest BCUT2D eigenvalue weighted by molar-refractivity contribution is -0.120. The molecule has 0 bridgehead atoms. The lowest BCUT2D eigenvalue weighted by Crippen LogP contribution is -2.42. The van der Waals surface area contributed by atoms with Gasteiger partial charge < -0.3 is 81.8 Å². The first-order valence-corrected chi connectivity index (χ1v) is 46.2. The number of amides is 15. The summed E-state index contributed by atoms with van der Waals surface area (Å²) in [6.45, 7) is 17.5. The third kappa shape index (κ3) is 54.9. The predicted molar refractivity (Wildman–Crippen MR) is 494 cm³/mol. The van der Waals surface area contributed by atoms with Gasteiger partial charge in [0.15, 0.2) is 0 Å². The quantitative estimate of drug-likeness (QED) is 0.0127. The van der Waals surface area contributed by atoms with Crippen LogP contribution in [0.3, 0.4) is 0 Å². The van der Waals surface area contributed by atoms with Gasteiger partial charge in [0.2, 0.25) is 29.5 Å². The first-order chi connectivity index (χ1) is 59.0. The molecule has 2 atom stereocenters. The Balaban J connectivity index is 0.000000769. The van der Waals surface area contributed by atoms with Crippen molar-refractivity contribution in [1.82, 2.24) is 53.2 Å². The van der Waals surface area contributed by atoms with Gasteiger partial charge in [0, 0.05) is 96.1 Å². The van der Waals surface area contributed by atoms with Crippen LogP contribution in [-0.2, 0) is 24.0 Å². The van der Waals surface area contributed by atoms with E-state index >= 15 is 0 Å². The zero-order valence-electron chi connectivity index (χ0n) is 72.3. The van der Waals surface area contributed by atoms with E-state index in [0.717, 1.165) is 155 Å². The maximum Gasteiger partial charge on any atom is 0.283 e. The Labute approximate surface area is 746 Å². The van der Waals surface area contributed by atoms with Gasteiger partial charge in [-0.25, -0.2) is 0 Å². The van der Waals surface area contributed by atoms with E-state index in [1.807, 2.05) is 0 Å². The molecule has 5 rings (SSSR count). The standard InChI is InChI=1S/2C19H29N3O3S.2C17H25N3O3S.C16H23N3O3S/c1-3-4-5-6-7-10-13-21-19(25)26-16-12-9-8-11-15(16)18(24)22-14(2)17(20)23;1-2-3-4-5-6-9-13-22-19(25)26-16-11-8-7-10-15(16)18(24)21-14-12-17(20)23;1-3-4-5-8-11-19-17(23)24-14-10-7-6-9-13(14)16(22)20-12(2)15(18)21;1-2-3-4-7-11-20-17(23)24-14-9-6-5-8-13(14)16(22)19-12-10-15(18)21;1-2-3-6-10-19-16(22)23-13-8-5-4-7-12(13)15(21)18-11-9-14(17)20/h8-9,11-12,14H,3-7,10,13H2,1-2H3,(H2,20,23)(H,21,25)(H,22,24);7-8,10-11H,2-6,9,12-14H2,1H3,(H2,20,23)(H,21,24)(H,22,25);6-7,9-10,12H,3-5,8,11H2,1-2H3,(H2,18,21)(H,19,23)(H,20,22);5-6,8-9H,2-4,7,10-12H2,1H3,(H2,18,21)(H,19,22)(H,20,23);4-5,7-8H,2-3,6,9-11H2,1H3,(H2,17,20)(H,18,21)(H,19,22)/t14-;;12-;;/m1.1../s1. The number of primary amides is 5. The summed E-state index contributed by atoms with van der Waals surface area (Å²) in [5.74, 6) is -4.47. The summed E-state index contributed by atoms with van der Waals surface area (Å²) in [5, 5.41) is 26.2. The van der Waals surface area contributed by atoms with E-state index in [2.05, 4.69) is 87.8 Å². The van der Waals surface area contributed by atoms with Gasteiger partial charge in [0.05, 0.1) is 27.8 Å². The summed E-state index contributed by atoms with van der Waals surface area (Å²) in [6.07, 6.45) is 26.1. The van der Waals surface area contributed by atoms with Crippen molar-refractivity contribution in [3.8, 4) is 0 Å². The van der Waals surface area contributed by atoms with Crippen LogP contribution in [0.5, 0.6) is 0 Å². The fraction of sp³-hybridized carbons (Fsp3) is 0.489. The van der Waals surface area contributed by atoms with Crippen LogP contribution >= 0.6 is 58.8 Å². The number of unbranched alkanes of at least 4 members (excludes halogenated alkanes) is 18. The normalized spacial score (nSPS) is 10.8. The molecule has 35 heteroatoms. The zero-order chi connectivity index (χ0) is 91.4. The number of hydrogen-bond acceptors (Lipinski definition) is 20. The minimum atomic E-state index is -0.776. The lowest BCUT2D eigenvalue weighted by atomic mass is 10.1. The van der Waals surface area contributed by atoms with E-state index in [1.165, 1.54) is 65.2 Å². The van der Waals surface area contributed by atoms with Crippen molar-refractivity contribution in [3.05, 3.63) is 149 Å². The second-order valence-corrected chi connectivity index (χ2v) is 33.1. The molecule has 0 unspecified atom stereocenters. The number of nitrogens with one attached hydrogen (secondary N) is 10. The third-order valence-electron chi connectivity index (χ3n) is 17.4. The molecule has 0 saturated heterocycles. The van der Waals surface area contributed by atoms with E-state index in [-0.39, 0.29) is 82.8 Å². The van der Waals surface area contributed by atoms with Gasteiger partial charge in [0.1, 0.15) is 12.1 Å². The average molecular weight is 1800 g/mol. The summed E-state index contributed by atoms with van der Waals surface area (Å²) in [7, 11) is 0. The molecule has 0 heterocycles. The number of thioether (sulfide) groups is 5. The van der Waals surface area contributed by atoms with Crippen LogP contribution in [0.2, 0.25) is 0 Å². The molecule has 15 amide bonds. The van der Waals surface area contributed by atoms with Crippen LogP contribution in [0.25, 0.3) is 0 Å². The molecule has 0 saturated carbocycles. The fourth-order valence-electron chi connectivity index (χ4n) is 10.5. The molecule has 0 radical (unpaired) electrons. The average Bonchev–Trinajstić information content (AvgIpc) is 0.836. The SMILES string of the molecule is CCCCCCCCNC(=O)Sc1ccccc1C(=O)NCCC(N)=O.CCCCCCCCNC(=O)Sc1ccccc1C(=O)N[C@H](C)C(N)=O.CCCCCCNC(=O)Sc1ccccc1C(=O)NCCC(N)=O.CCCCCCNC(=O)Sc1ccccc1C(=O)N[C@H](C)C(N)=O.CCCCCNC(=O)Sc1ccccc1C(=O)NCCC(N)=O. The van der Waals surface area contributed by atoms with Crippen molar-refractivity contribution in [2.45, 2.75) is 252 Å². The van der Waals surface area contributed by atoms with Crippen LogP contribution in [0.15, 0.2) is 146 Å². The third-order valence-corrected chi connectivity index (χ3v) is 22.0. The summed E-state index contributed by atoms with van der Waals surface area (Å²) in [4.78, 5) is 178. The number of benzene rings is 5. The highest BCUT2D eigenvalue weighted by molar-refractivity contribution is 8.14. The molecule has 0 aromatic heterocycles. The summed E-state index contributed by atoms with van der Waals surface area (Å²) < 4.78 is 0. The Bertz CT molecular complexity index is 4070. The van der Waals surface area contributed by atoms with E-state index in [4.69, 9.17) is 28.7 Å². The Kier molecular flexibility index (Phi) is 63.4.